The van der Waals surface area contributed by atoms with E-state index in [1.807, 2.05) is 66.7 Å². The predicted octanol–water partition coefficient (Wildman–Crippen LogP) is 5.60. The first-order valence-electron chi connectivity index (χ1n) is 10.5. The lowest BCUT2D eigenvalue weighted by Gasteiger charge is -2.12. The Kier molecular flexibility index (Phi) is 7.05. The number of carbonyl (C=O) groups excluding carboxylic acids is 1. The van der Waals surface area contributed by atoms with Crippen molar-refractivity contribution in [1.82, 2.24) is 5.43 Å². The van der Waals surface area contributed by atoms with Gasteiger partial charge in [0.25, 0.3) is 11.6 Å². The number of non-ortho nitro benzene ring substituents is 1. The van der Waals surface area contributed by atoms with E-state index in [-0.39, 0.29) is 11.6 Å². The summed E-state index contributed by atoms with van der Waals surface area (Å²) in [6.07, 6.45) is 1.36. The maximum Gasteiger partial charge on any atom is 0.271 e. The zero-order valence-corrected chi connectivity index (χ0v) is 18.1. The van der Waals surface area contributed by atoms with Crippen LogP contribution in [0.4, 0.5) is 5.69 Å². The van der Waals surface area contributed by atoms with Gasteiger partial charge in [0.05, 0.1) is 11.1 Å². The van der Waals surface area contributed by atoms with Crippen molar-refractivity contribution in [2.45, 2.75) is 6.61 Å². The van der Waals surface area contributed by atoms with E-state index in [2.05, 4.69) is 10.5 Å². The van der Waals surface area contributed by atoms with Crippen LogP contribution in [0.2, 0.25) is 0 Å². The highest BCUT2D eigenvalue weighted by Crippen LogP contribution is 2.30. The molecule has 168 valence electrons. The van der Waals surface area contributed by atoms with Crippen LogP contribution in [0.5, 0.6) is 5.75 Å². The molecule has 0 aliphatic heterocycles. The van der Waals surface area contributed by atoms with Crippen LogP contribution < -0.4 is 10.2 Å². The fourth-order valence-corrected chi connectivity index (χ4v) is 3.31. The Bertz CT molecular complexity index is 1320. The molecule has 1 N–H and O–H groups in total. The number of nitro groups is 1. The molecular weight excluding hydrogens is 430 g/mol. The smallest absolute Gasteiger partial charge is 0.271 e. The molecule has 7 heteroatoms. The third-order valence-electron chi connectivity index (χ3n) is 5.04. The van der Waals surface area contributed by atoms with Gasteiger partial charge in [-0.3, -0.25) is 14.9 Å². The molecule has 7 nitrogen and oxygen atoms in total. The van der Waals surface area contributed by atoms with Crippen LogP contribution in [0.3, 0.4) is 0 Å². The van der Waals surface area contributed by atoms with Crippen molar-refractivity contribution < 1.29 is 14.5 Å². The highest BCUT2D eigenvalue weighted by Gasteiger charge is 2.08. The van der Waals surface area contributed by atoms with Crippen molar-refractivity contribution in [3.05, 3.63) is 130 Å². The van der Waals surface area contributed by atoms with E-state index < -0.39 is 4.92 Å². The van der Waals surface area contributed by atoms with Gasteiger partial charge in [0.15, 0.2) is 0 Å². The summed E-state index contributed by atoms with van der Waals surface area (Å²) >= 11 is 0. The van der Waals surface area contributed by atoms with Crippen LogP contribution in [-0.2, 0) is 6.61 Å². The van der Waals surface area contributed by atoms with Crippen LogP contribution in [0.25, 0.3) is 11.1 Å². The summed E-state index contributed by atoms with van der Waals surface area (Å²) in [5.74, 6) is 0.398. The molecule has 0 radical (unpaired) electrons. The quantitative estimate of drug-likeness (QED) is 0.214. The lowest BCUT2D eigenvalue weighted by molar-refractivity contribution is -0.384. The number of nitrogens with one attached hydrogen (secondary N) is 1. The highest BCUT2D eigenvalue weighted by atomic mass is 16.6. The molecule has 4 aromatic carbocycles. The molecule has 0 spiro atoms. The molecule has 0 heterocycles. The first kappa shape index (κ1) is 22.4. The number of carbonyl (C=O) groups is 1. The van der Waals surface area contributed by atoms with Gasteiger partial charge in [-0.15, -0.1) is 0 Å². The van der Waals surface area contributed by atoms with Gasteiger partial charge in [0.2, 0.25) is 0 Å². The maximum atomic E-state index is 12.3. The number of hydrazone groups is 1. The summed E-state index contributed by atoms with van der Waals surface area (Å²) < 4.78 is 6.05. The molecule has 0 aromatic heterocycles. The number of benzene rings is 4. The number of ether oxygens (including phenoxy) is 1. The van der Waals surface area contributed by atoms with Gasteiger partial charge in [-0.1, -0.05) is 72.8 Å². The molecule has 0 unspecified atom stereocenters. The van der Waals surface area contributed by atoms with Crippen LogP contribution >= 0.6 is 0 Å². The van der Waals surface area contributed by atoms with E-state index in [0.29, 0.717) is 17.7 Å². The average molecular weight is 451 g/mol. The Balaban J connectivity index is 1.35. The molecular formula is C27H21N3O4. The van der Waals surface area contributed by atoms with Gasteiger partial charge in [0, 0.05) is 28.8 Å². The van der Waals surface area contributed by atoms with Gasteiger partial charge >= 0.3 is 0 Å². The Morgan fingerprint density at radius 1 is 0.912 bits per heavy atom. The zero-order valence-electron chi connectivity index (χ0n) is 18.1. The molecule has 1 amide bonds. The average Bonchev–Trinajstić information content (AvgIpc) is 2.88. The third-order valence-corrected chi connectivity index (χ3v) is 5.04. The zero-order chi connectivity index (χ0) is 23.8. The van der Waals surface area contributed by atoms with Gasteiger partial charge in [-0.05, 0) is 29.3 Å². The Morgan fingerprint density at radius 3 is 2.41 bits per heavy atom. The molecule has 0 aliphatic rings. The molecule has 0 saturated heterocycles. The van der Waals surface area contributed by atoms with Crippen molar-refractivity contribution >= 4 is 17.8 Å². The van der Waals surface area contributed by atoms with E-state index in [0.717, 1.165) is 22.4 Å². The second-order valence-corrected chi connectivity index (χ2v) is 7.40. The molecule has 34 heavy (non-hydrogen) atoms. The molecule has 0 atom stereocenters. The Hall–Kier alpha value is -4.78. The highest BCUT2D eigenvalue weighted by molar-refractivity contribution is 5.94. The molecule has 0 aliphatic carbocycles. The SMILES string of the molecule is O=C(NN=Cc1cccc([N+](=O)[O-])c1)c1ccc(COc2ccccc2-c2ccccc2)cc1. The van der Waals surface area contributed by atoms with Gasteiger partial charge in [-0.25, -0.2) is 5.43 Å². The standard InChI is InChI=1S/C27H21N3O4/c31-27(29-28-18-21-7-6-10-24(17-21)30(32)33)23-15-13-20(14-16-23)19-34-26-12-5-4-11-25(26)22-8-2-1-3-9-22/h1-18H,19H2,(H,29,31). The number of rotatable bonds is 8. The fraction of sp³-hybridized carbons (Fsp3) is 0.0370. The minimum Gasteiger partial charge on any atom is -0.488 e. The monoisotopic (exact) mass is 451 g/mol. The van der Waals surface area contributed by atoms with Gasteiger partial charge in [-0.2, -0.15) is 5.10 Å². The van der Waals surface area contributed by atoms with Crippen LogP contribution in [0.1, 0.15) is 21.5 Å². The number of nitro benzene ring substituents is 1. The molecule has 4 rings (SSSR count). The number of para-hydroxylation sites is 1. The van der Waals surface area contributed by atoms with E-state index in [1.54, 1.807) is 24.3 Å². The second kappa shape index (κ2) is 10.7. The fourth-order valence-electron chi connectivity index (χ4n) is 3.31. The molecule has 4 aromatic rings. The summed E-state index contributed by atoms with van der Waals surface area (Å²) in [7, 11) is 0. The number of hydrogen-bond acceptors (Lipinski definition) is 5. The first-order valence-corrected chi connectivity index (χ1v) is 10.5. The van der Waals surface area contributed by atoms with E-state index in [4.69, 9.17) is 4.74 Å². The summed E-state index contributed by atoms with van der Waals surface area (Å²) in [4.78, 5) is 22.7. The van der Waals surface area contributed by atoms with E-state index in [1.165, 1.54) is 18.3 Å². The van der Waals surface area contributed by atoms with Crippen molar-refractivity contribution in [2.24, 2.45) is 5.10 Å². The minimum atomic E-state index is -0.485. The lowest BCUT2D eigenvalue weighted by atomic mass is 10.0. The van der Waals surface area contributed by atoms with Crippen LogP contribution in [0.15, 0.2) is 108 Å². The minimum absolute atomic E-state index is 0.0422. The van der Waals surface area contributed by atoms with Crippen molar-refractivity contribution in [3.8, 4) is 16.9 Å². The van der Waals surface area contributed by atoms with E-state index >= 15 is 0 Å². The van der Waals surface area contributed by atoms with Crippen molar-refractivity contribution in [1.29, 1.82) is 0 Å². The van der Waals surface area contributed by atoms with E-state index in [9.17, 15) is 14.9 Å². The maximum absolute atomic E-state index is 12.3. The number of nitrogens with zero attached hydrogens (tertiary/aromatic N) is 2. The lowest BCUT2D eigenvalue weighted by Crippen LogP contribution is -2.17. The van der Waals surface area contributed by atoms with Crippen LogP contribution in [0, 0.1) is 10.1 Å². The summed E-state index contributed by atoms with van der Waals surface area (Å²) in [5, 5.41) is 14.7. The summed E-state index contributed by atoms with van der Waals surface area (Å²) in [6, 6.07) is 30.9. The van der Waals surface area contributed by atoms with Gasteiger partial charge < -0.3 is 4.74 Å². The third kappa shape index (κ3) is 5.72. The normalized spacial score (nSPS) is 10.7. The molecule has 0 bridgehead atoms. The number of hydrogen-bond donors (Lipinski definition) is 1. The summed E-state index contributed by atoms with van der Waals surface area (Å²) in [5.41, 5.74) is 6.34. The second-order valence-electron chi connectivity index (χ2n) is 7.40. The Morgan fingerprint density at radius 2 is 1.65 bits per heavy atom. The molecule has 0 fully saturated rings. The summed E-state index contributed by atoms with van der Waals surface area (Å²) in [6.45, 7) is 0.358. The Labute approximate surface area is 196 Å². The first-order chi connectivity index (χ1) is 16.6. The van der Waals surface area contributed by atoms with Crippen molar-refractivity contribution in [2.75, 3.05) is 0 Å². The molecule has 0 saturated carbocycles. The topological polar surface area (TPSA) is 93.8 Å². The van der Waals surface area contributed by atoms with Crippen molar-refractivity contribution in [3.63, 3.8) is 0 Å². The van der Waals surface area contributed by atoms with Crippen LogP contribution in [-0.4, -0.2) is 17.0 Å². The predicted molar refractivity (Wildman–Crippen MR) is 131 cm³/mol. The van der Waals surface area contributed by atoms with Gasteiger partial charge in [0.1, 0.15) is 12.4 Å². The number of amides is 1. The largest absolute Gasteiger partial charge is 0.488 e.